The van der Waals surface area contributed by atoms with Crippen molar-refractivity contribution in [1.29, 1.82) is 0 Å². The Labute approximate surface area is 224 Å². The van der Waals surface area contributed by atoms with Gasteiger partial charge in [0, 0.05) is 23.6 Å². The summed E-state index contributed by atoms with van der Waals surface area (Å²) >= 11 is 7.35. The highest BCUT2D eigenvalue weighted by Crippen LogP contribution is 2.38. The lowest BCUT2D eigenvalue weighted by atomic mass is 9.99. The van der Waals surface area contributed by atoms with Crippen molar-refractivity contribution in [3.63, 3.8) is 0 Å². The Morgan fingerprint density at radius 1 is 1.08 bits per heavy atom. The fraction of sp³-hybridized carbons (Fsp3) is 0.214. The van der Waals surface area contributed by atoms with Crippen molar-refractivity contribution in [3.8, 4) is 5.75 Å². The number of aliphatic imine (C=N–C) groups is 1. The number of hydrogen-bond donors (Lipinski definition) is 1. The number of halogens is 1. The normalized spacial score (nSPS) is 19.0. The van der Waals surface area contributed by atoms with Gasteiger partial charge in [-0.2, -0.15) is 10.1 Å². The van der Waals surface area contributed by atoms with Crippen molar-refractivity contribution in [2.75, 3.05) is 11.9 Å². The van der Waals surface area contributed by atoms with E-state index in [0.29, 0.717) is 28.9 Å². The van der Waals surface area contributed by atoms with Crippen LogP contribution in [0.4, 0.5) is 5.69 Å². The minimum Gasteiger partial charge on any atom is -0.494 e. The standard InChI is InChI=1S/C28H25ClN4O3S/c1-2-36-22-14-12-21(13-15-22)30-26(34)17-25-27(35)31-28(37-25)33-24(19-6-4-3-5-7-19)16-23(32-33)18-8-10-20(29)11-9-18/h3-15,24-25H,2,16-17H2,1H3,(H,30,34)/t24-,25-/m1/s1. The Morgan fingerprint density at radius 2 is 1.81 bits per heavy atom. The van der Waals surface area contributed by atoms with Crippen molar-refractivity contribution >= 4 is 51.7 Å². The molecule has 5 rings (SSSR count). The van der Waals surface area contributed by atoms with Gasteiger partial charge in [-0.3, -0.25) is 9.59 Å². The maximum absolute atomic E-state index is 12.8. The van der Waals surface area contributed by atoms with E-state index in [0.717, 1.165) is 22.6 Å². The van der Waals surface area contributed by atoms with Crippen molar-refractivity contribution in [1.82, 2.24) is 5.01 Å². The van der Waals surface area contributed by atoms with E-state index in [1.807, 2.05) is 66.5 Å². The van der Waals surface area contributed by atoms with Crippen LogP contribution in [0.25, 0.3) is 0 Å². The second-order valence-electron chi connectivity index (χ2n) is 8.58. The first-order chi connectivity index (χ1) is 18.0. The average Bonchev–Trinajstić information content (AvgIpc) is 3.50. The second-order valence-corrected chi connectivity index (χ2v) is 10.2. The number of carbonyl (C=O) groups is 2. The first-order valence-corrected chi connectivity index (χ1v) is 13.3. The van der Waals surface area contributed by atoms with Gasteiger partial charge in [0.1, 0.15) is 11.0 Å². The number of thioether (sulfide) groups is 1. The van der Waals surface area contributed by atoms with Crippen molar-refractivity contribution in [2.45, 2.75) is 31.1 Å². The minimum absolute atomic E-state index is 0.0152. The van der Waals surface area contributed by atoms with Crippen molar-refractivity contribution < 1.29 is 14.3 Å². The lowest BCUT2D eigenvalue weighted by Gasteiger charge is -2.23. The third-order valence-corrected chi connectivity index (χ3v) is 7.41. The number of amidine groups is 1. The predicted octanol–water partition coefficient (Wildman–Crippen LogP) is 5.92. The molecule has 2 heterocycles. The summed E-state index contributed by atoms with van der Waals surface area (Å²) < 4.78 is 5.43. The Balaban J connectivity index is 1.30. The number of carbonyl (C=O) groups excluding carboxylic acids is 2. The quantitative estimate of drug-likeness (QED) is 0.408. The van der Waals surface area contributed by atoms with E-state index < -0.39 is 5.25 Å². The molecule has 3 aromatic carbocycles. The molecular weight excluding hydrogens is 508 g/mol. The van der Waals surface area contributed by atoms with E-state index in [1.54, 1.807) is 24.3 Å². The molecule has 2 amide bonds. The molecule has 2 atom stereocenters. The molecule has 188 valence electrons. The SMILES string of the molecule is CCOc1ccc(NC(=O)C[C@H]2SC(N3N=C(c4ccc(Cl)cc4)C[C@@H]3c3ccccc3)=NC2=O)cc1. The molecule has 0 aliphatic carbocycles. The van der Waals surface area contributed by atoms with E-state index in [4.69, 9.17) is 21.4 Å². The highest BCUT2D eigenvalue weighted by atomic mass is 35.5. The fourth-order valence-electron chi connectivity index (χ4n) is 4.22. The highest BCUT2D eigenvalue weighted by Gasteiger charge is 2.39. The van der Waals surface area contributed by atoms with Crippen LogP contribution in [-0.4, -0.2) is 39.6 Å². The maximum atomic E-state index is 12.8. The summed E-state index contributed by atoms with van der Waals surface area (Å²) in [6.07, 6.45) is 0.670. The third kappa shape index (κ3) is 5.87. The number of nitrogens with one attached hydrogen (secondary N) is 1. The first kappa shape index (κ1) is 25.0. The van der Waals surface area contributed by atoms with Crippen LogP contribution in [0.15, 0.2) is 89.0 Å². The molecule has 0 saturated carbocycles. The van der Waals surface area contributed by atoms with Crippen LogP contribution < -0.4 is 10.1 Å². The lowest BCUT2D eigenvalue weighted by molar-refractivity contribution is -0.121. The molecule has 0 aromatic heterocycles. The molecule has 0 unspecified atom stereocenters. The fourth-order valence-corrected chi connectivity index (χ4v) is 5.41. The van der Waals surface area contributed by atoms with Gasteiger partial charge in [0.2, 0.25) is 5.91 Å². The van der Waals surface area contributed by atoms with Gasteiger partial charge >= 0.3 is 0 Å². The summed E-state index contributed by atoms with van der Waals surface area (Å²) in [5.41, 5.74) is 3.57. The number of ether oxygens (including phenoxy) is 1. The van der Waals surface area contributed by atoms with Crippen LogP contribution in [-0.2, 0) is 9.59 Å². The minimum atomic E-state index is -0.607. The summed E-state index contributed by atoms with van der Waals surface area (Å²) in [4.78, 5) is 29.8. The highest BCUT2D eigenvalue weighted by molar-refractivity contribution is 8.15. The topological polar surface area (TPSA) is 83.4 Å². The molecule has 2 aliphatic rings. The van der Waals surface area contributed by atoms with Crippen LogP contribution >= 0.6 is 23.4 Å². The zero-order valence-electron chi connectivity index (χ0n) is 20.1. The number of amides is 2. The molecule has 0 spiro atoms. The predicted molar refractivity (Wildman–Crippen MR) is 148 cm³/mol. The van der Waals surface area contributed by atoms with Gasteiger partial charge < -0.3 is 10.1 Å². The molecule has 0 fully saturated rings. The Hall–Kier alpha value is -3.62. The molecule has 0 saturated heterocycles. The second kappa shape index (κ2) is 11.2. The summed E-state index contributed by atoms with van der Waals surface area (Å²) in [6.45, 7) is 2.48. The maximum Gasteiger partial charge on any atom is 0.262 e. The largest absolute Gasteiger partial charge is 0.494 e. The number of hydrazone groups is 1. The zero-order valence-corrected chi connectivity index (χ0v) is 21.7. The number of hydrogen-bond acceptors (Lipinski definition) is 6. The smallest absolute Gasteiger partial charge is 0.262 e. The molecule has 2 aliphatic heterocycles. The zero-order chi connectivity index (χ0) is 25.8. The lowest BCUT2D eigenvalue weighted by Crippen LogP contribution is -2.25. The first-order valence-electron chi connectivity index (χ1n) is 12.0. The van der Waals surface area contributed by atoms with Crippen LogP contribution in [0.3, 0.4) is 0 Å². The Morgan fingerprint density at radius 3 is 2.51 bits per heavy atom. The van der Waals surface area contributed by atoms with E-state index in [1.165, 1.54) is 11.8 Å². The summed E-state index contributed by atoms with van der Waals surface area (Å²) in [5, 5.41) is 10.1. The number of rotatable bonds is 7. The van der Waals surface area contributed by atoms with Gasteiger partial charge in [-0.05, 0) is 54.4 Å². The number of nitrogens with zero attached hydrogens (tertiary/aromatic N) is 3. The Kier molecular flexibility index (Phi) is 7.58. The number of anilines is 1. The molecule has 0 bridgehead atoms. The van der Waals surface area contributed by atoms with Gasteiger partial charge in [-0.15, -0.1) is 0 Å². The third-order valence-electron chi connectivity index (χ3n) is 6.02. The molecule has 0 radical (unpaired) electrons. The van der Waals surface area contributed by atoms with E-state index in [2.05, 4.69) is 10.3 Å². The molecule has 3 aromatic rings. The molecule has 37 heavy (non-hydrogen) atoms. The monoisotopic (exact) mass is 532 g/mol. The van der Waals surface area contributed by atoms with Gasteiger partial charge in [-0.25, -0.2) is 5.01 Å². The molecule has 9 heteroatoms. The van der Waals surface area contributed by atoms with Crippen LogP contribution in [0.5, 0.6) is 5.75 Å². The summed E-state index contributed by atoms with van der Waals surface area (Å²) in [6, 6.07) is 24.6. The molecular formula is C28H25ClN4O3S. The molecule has 1 N–H and O–H groups in total. The van der Waals surface area contributed by atoms with Gasteiger partial charge in [0.25, 0.3) is 5.91 Å². The van der Waals surface area contributed by atoms with Crippen LogP contribution in [0, 0.1) is 0 Å². The summed E-state index contributed by atoms with van der Waals surface area (Å²) in [7, 11) is 0. The van der Waals surface area contributed by atoms with Crippen LogP contribution in [0.1, 0.15) is 36.9 Å². The van der Waals surface area contributed by atoms with E-state index in [9.17, 15) is 9.59 Å². The number of benzene rings is 3. The summed E-state index contributed by atoms with van der Waals surface area (Å²) in [5.74, 6) is 0.152. The average molecular weight is 533 g/mol. The van der Waals surface area contributed by atoms with Crippen molar-refractivity contribution in [2.24, 2.45) is 10.1 Å². The van der Waals surface area contributed by atoms with Gasteiger partial charge in [0.15, 0.2) is 5.17 Å². The Bertz CT molecular complexity index is 1340. The van der Waals surface area contributed by atoms with E-state index in [-0.39, 0.29) is 24.3 Å². The van der Waals surface area contributed by atoms with Crippen molar-refractivity contribution in [3.05, 3.63) is 95.0 Å². The molecule has 7 nitrogen and oxygen atoms in total. The van der Waals surface area contributed by atoms with Crippen LogP contribution in [0.2, 0.25) is 5.02 Å². The van der Waals surface area contributed by atoms with Gasteiger partial charge in [0.05, 0.1) is 18.4 Å². The van der Waals surface area contributed by atoms with E-state index >= 15 is 0 Å². The van der Waals surface area contributed by atoms with Gasteiger partial charge in [-0.1, -0.05) is 65.8 Å².